The van der Waals surface area contributed by atoms with Crippen LogP contribution in [0.25, 0.3) is 0 Å². The maximum Gasteiger partial charge on any atom is 0.413 e. The van der Waals surface area contributed by atoms with Crippen LogP contribution in [0.2, 0.25) is 0 Å². The zero-order valence-corrected chi connectivity index (χ0v) is 13.2. The number of ether oxygens (including phenoxy) is 1. The van der Waals surface area contributed by atoms with Crippen LogP contribution in [0, 0.1) is 6.92 Å². The molecule has 0 aliphatic rings. The molecule has 6 heteroatoms. The van der Waals surface area contributed by atoms with Crippen LogP contribution >= 0.6 is 0 Å². The minimum Gasteiger partial charge on any atom is -0.423 e. The van der Waals surface area contributed by atoms with Gasteiger partial charge in [-0.3, -0.25) is 0 Å². The number of amides is 1. The molecule has 0 spiro atoms. The number of carbonyl (C=O) groups is 1. The Morgan fingerprint density at radius 1 is 1.08 bits per heavy atom. The highest BCUT2D eigenvalue weighted by Gasteiger charge is 2.22. The van der Waals surface area contributed by atoms with Crippen molar-refractivity contribution in [2.45, 2.75) is 19.4 Å². The highest BCUT2D eigenvalue weighted by molar-refractivity contribution is 5.70. The molecule has 1 unspecified atom stereocenters. The number of aromatic nitrogens is 2. The lowest BCUT2D eigenvalue weighted by Gasteiger charge is -2.15. The fraction of sp³-hybridized carbons (Fsp3) is 0.167. The van der Waals surface area contributed by atoms with Crippen molar-refractivity contribution in [2.24, 2.45) is 0 Å². The van der Waals surface area contributed by atoms with Crippen molar-refractivity contribution in [1.29, 1.82) is 0 Å². The van der Waals surface area contributed by atoms with Crippen molar-refractivity contribution in [3.8, 4) is 5.75 Å². The second-order valence-electron chi connectivity index (χ2n) is 5.25. The van der Waals surface area contributed by atoms with Crippen molar-refractivity contribution in [1.82, 2.24) is 15.5 Å². The maximum atomic E-state index is 12.2. The van der Waals surface area contributed by atoms with Crippen LogP contribution in [0.4, 0.5) is 4.79 Å². The van der Waals surface area contributed by atoms with Gasteiger partial charge in [-0.05, 0) is 17.7 Å². The smallest absolute Gasteiger partial charge is 0.413 e. The molecule has 0 aliphatic heterocycles. The predicted molar refractivity (Wildman–Crippen MR) is 87.5 cm³/mol. The molecule has 3 rings (SSSR count). The van der Waals surface area contributed by atoms with Gasteiger partial charge in [0, 0.05) is 13.3 Å². The number of hydrogen-bond acceptors (Lipinski definition) is 5. The first kappa shape index (κ1) is 15.7. The van der Waals surface area contributed by atoms with Gasteiger partial charge in [0.1, 0.15) is 11.8 Å². The summed E-state index contributed by atoms with van der Waals surface area (Å²) in [6, 6.07) is 18.2. The van der Waals surface area contributed by atoms with Crippen molar-refractivity contribution < 1.29 is 13.9 Å². The van der Waals surface area contributed by atoms with Gasteiger partial charge in [0.2, 0.25) is 11.8 Å². The van der Waals surface area contributed by atoms with E-state index >= 15 is 0 Å². The molecule has 1 atom stereocenters. The van der Waals surface area contributed by atoms with Gasteiger partial charge in [-0.15, -0.1) is 10.2 Å². The van der Waals surface area contributed by atoms with E-state index in [0.29, 0.717) is 24.0 Å². The molecule has 0 bridgehead atoms. The first-order chi connectivity index (χ1) is 11.7. The average molecular weight is 323 g/mol. The highest BCUT2D eigenvalue weighted by atomic mass is 16.6. The third-order valence-corrected chi connectivity index (χ3v) is 3.37. The normalized spacial score (nSPS) is 11.7. The van der Waals surface area contributed by atoms with Crippen LogP contribution in [0.5, 0.6) is 5.75 Å². The standard InChI is InChI=1S/C18H17N3O3/c1-13-20-21-17(23-13)16(12-14-8-4-2-5-9-14)19-18(22)24-15-10-6-3-7-11-15/h2-11,16H,12H2,1H3,(H,19,22). The Balaban J connectivity index is 1.73. The number of para-hydroxylation sites is 1. The molecule has 0 fully saturated rings. The fourth-order valence-corrected chi connectivity index (χ4v) is 2.27. The molecule has 3 aromatic rings. The first-order valence-corrected chi connectivity index (χ1v) is 7.58. The highest BCUT2D eigenvalue weighted by Crippen LogP contribution is 2.18. The van der Waals surface area contributed by atoms with Gasteiger partial charge >= 0.3 is 6.09 Å². The average Bonchev–Trinajstić information content (AvgIpc) is 3.02. The van der Waals surface area contributed by atoms with Crippen LogP contribution in [0.3, 0.4) is 0 Å². The molecule has 6 nitrogen and oxygen atoms in total. The molecule has 24 heavy (non-hydrogen) atoms. The topological polar surface area (TPSA) is 77.2 Å². The van der Waals surface area contributed by atoms with Crippen LogP contribution < -0.4 is 10.1 Å². The Hall–Kier alpha value is -3.15. The summed E-state index contributed by atoms with van der Waals surface area (Å²) in [7, 11) is 0. The Morgan fingerprint density at radius 2 is 1.75 bits per heavy atom. The van der Waals surface area contributed by atoms with E-state index in [-0.39, 0.29) is 0 Å². The number of rotatable bonds is 5. The quantitative estimate of drug-likeness (QED) is 0.778. The van der Waals surface area contributed by atoms with E-state index < -0.39 is 12.1 Å². The number of nitrogens with one attached hydrogen (secondary N) is 1. The predicted octanol–water partition coefficient (Wildman–Crippen LogP) is 3.45. The SMILES string of the molecule is Cc1nnc(C(Cc2ccccc2)NC(=O)Oc2ccccc2)o1. The molecule has 1 heterocycles. The Morgan fingerprint density at radius 3 is 2.38 bits per heavy atom. The van der Waals surface area contributed by atoms with E-state index in [2.05, 4.69) is 15.5 Å². The molecule has 0 aliphatic carbocycles. The van der Waals surface area contributed by atoms with E-state index in [4.69, 9.17) is 9.15 Å². The molecule has 1 N–H and O–H groups in total. The molecular formula is C18H17N3O3. The van der Waals surface area contributed by atoms with E-state index in [1.165, 1.54) is 0 Å². The summed E-state index contributed by atoms with van der Waals surface area (Å²) in [6.45, 7) is 1.71. The van der Waals surface area contributed by atoms with E-state index in [1.807, 2.05) is 36.4 Å². The van der Waals surface area contributed by atoms with Gasteiger partial charge in [0.05, 0.1) is 0 Å². The monoisotopic (exact) mass is 323 g/mol. The Kier molecular flexibility index (Phi) is 4.86. The van der Waals surface area contributed by atoms with Gasteiger partial charge < -0.3 is 14.5 Å². The van der Waals surface area contributed by atoms with Crippen LogP contribution in [0.1, 0.15) is 23.4 Å². The summed E-state index contributed by atoms with van der Waals surface area (Å²) in [5.41, 5.74) is 1.04. The lowest BCUT2D eigenvalue weighted by atomic mass is 10.1. The minimum atomic E-state index is -0.571. The number of benzene rings is 2. The number of carbonyl (C=O) groups excluding carboxylic acids is 1. The molecule has 1 amide bonds. The lowest BCUT2D eigenvalue weighted by Crippen LogP contribution is -2.32. The third-order valence-electron chi connectivity index (χ3n) is 3.37. The van der Waals surface area contributed by atoms with E-state index in [0.717, 1.165) is 5.56 Å². The van der Waals surface area contributed by atoms with Crippen LogP contribution in [0.15, 0.2) is 65.1 Å². The number of hydrogen-bond donors (Lipinski definition) is 1. The van der Waals surface area contributed by atoms with Crippen molar-refractivity contribution >= 4 is 6.09 Å². The van der Waals surface area contributed by atoms with Crippen molar-refractivity contribution in [3.05, 3.63) is 78.0 Å². The second kappa shape index (κ2) is 7.41. The third kappa shape index (κ3) is 4.19. The summed E-state index contributed by atoms with van der Waals surface area (Å²) in [6.07, 6.45) is -0.0511. The maximum absolute atomic E-state index is 12.2. The Labute approximate surface area is 139 Å². The number of nitrogens with zero attached hydrogens (tertiary/aromatic N) is 2. The van der Waals surface area contributed by atoms with Crippen molar-refractivity contribution in [2.75, 3.05) is 0 Å². The van der Waals surface area contributed by atoms with E-state index in [1.54, 1.807) is 31.2 Å². The summed E-state index contributed by atoms with van der Waals surface area (Å²) in [4.78, 5) is 12.2. The largest absolute Gasteiger partial charge is 0.423 e. The Bertz CT molecular complexity index is 788. The molecular weight excluding hydrogens is 306 g/mol. The first-order valence-electron chi connectivity index (χ1n) is 7.58. The zero-order valence-electron chi connectivity index (χ0n) is 13.2. The minimum absolute atomic E-state index is 0.348. The van der Waals surface area contributed by atoms with Gasteiger partial charge in [0.25, 0.3) is 0 Å². The van der Waals surface area contributed by atoms with Gasteiger partial charge in [-0.1, -0.05) is 48.5 Å². The summed E-state index contributed by atoms with van der Waals surface area (Å²) < 4.78 is 10.7. The second-order valence-corrected chi connectivity index (χ2v) is 5.25. The molecule has 1 aromatic heterocycles. The van der Waals surface area contributed by atoms with E-state index in [9.17, 15) is 4.79 Å². The zero-order chi connectivity index (χ0) is 16.8. The molecule has 0 saturated heterocycles. The summed E-state index contributed by atoms with van der Waals surface area (Å²) in [5, 5.41) is 10.6. The summed E-state index contributed by atoms with van der Waals surface area (Å²) >= 11 is 0. The van der Waals surface area contributed by atoms with Crippen LogP contribution in [-0.2, 0) is 6.42 Å². The number of aryl methyl sites for hydroxylation is 1. The van der Waals surface area contributed by atoms with Crippen molar-refractivity contribution in [3.63, 3.8) is 0 Å². The van der Waals surface area contributed by atoms with Gasteiger partial charge in [-0.25, -0.2) is 4.79 Å². The molecule has 2 aromatic carbocycles. The molecule has 0 radical (unpaired) electrons. The lowest BCUT2D eigenvalue weighted by molar-refractivity contribution is 0.193. The van der Waals surface area contributed by atoms with Gasteiger partial charge in [-0.2, -0.15) is 0 Å². The van der Waals surface area contributed by atoms with Crippen LogP contribution in [-0.4, -0.2) is 16.3 Å². The molecule has 0 saturated carbocycles. The van der Waals surface area contributed by atoms with Gasteiger partial charge in [0.15, 0.2) is 0 Å². The fourth-order valence-electron chi connectivity index (χ4n) is 2.27. The summed E-state index contributed by atoms with van der Waals surface area (Å²) in [5.74, 6) is 1.26. The molecule has 122 valence electrons.